The van der Waals surface area contributed by atoms with Crippen molar-refractivity contribution >= 4 is 5.91 Å². The van der Waals surface area contributed by atoms with E-state index in [1.807, 2.05) is 0 Å². The van der Waals surface area contributed by atoms with Crippen LogP contribution in [0.1, 0.15) is 29.8 Å². The summed E-state index contributed by atoms with van der Waals surface area (Å²) in [6.45, 7) is 2.91. The monoisotopic (exact) mass is 280 g/mol. The van der Waals surface area contributed by atoms with Crippen molar-refractivity contribution in [1.82, 2.24) is 10.1 Å². The highest BCUT2D eigenvalue weighted by Gasteiger charge is 2.46. The Hall–Kier alpha value is -1.40. The first-order valence-electron chi connectivity index (χ1n) is 7.05. The van der Waals surface area contributed by atoms with Crippen LogP contribution in [0.25, 0.3) is 0 Å². The molecule has 3 heterocycles. The summed E-state index contributed by atoms with van der Waals surface area (Å²) in [5.41, 5.74) is -0.159. The van der Waals surface area contributed by atoms with Crippen molar-refractivity contribution in [2.75, 3.05) is 33.4 Å². The minimum atomic E-state index is -0.159. The third-order valence-electron chi connectivity index (χ3n) is 4.27. The van der Waals surface area contributed by atoms with Gasteiger partial charge in [-0.1, -0.05) is 5.16 Å². The molecule has 2 saturated heterocycles. The highest BCUT2D eigenvalue weighted by molar-refractivity contribution is 5.91. The average molecular weight is 280 g/mol. The molecule has 0 saturated carbocycles. The number of ether oxygens (including phenoxy) is 2. The number of hydrogen-bond donors (Lipinski definition) is 0. The molecule has 2 fully saturated rings. The Labute approximate surface area is 118 Å². The van der Waals surface area contributed by atoms with Crippen LogP contribution in [0.5, 0.6) is 0 Å². The highest BCUT2D eigenvalue weighted by Crippen LogP contribution is 2.39. The SMILES string of the molecule is COCCC1COC2(CCN(C(=O)c3ccno3)C2)C1. The van der Waals surface area contributed by atoms with Crippen molar-refractivity contribution < 1.29 is 18.8 Å². The molecular weight excluding hydrogens is 260 g/mol. The second-order valence-electron chi connectivity index (χ2n) is 5.70. The standard InChI is InChI=1S/C14H20N2O4/c1-18-7-3-11-8-14(19-9-11)4-6-16(10-14)13(17)12-2-5-15-20-12/h2,5,11H,3-4,6-10H2,1H3. The maximum atomic E-state index is 12.2. The number of aromatic nitrogens is 1. The summed E-state index contributed by atoms with van der Waals surface area (Å²) in [5.74, 6) is 0.745. The second kappa shape index (κ2) is 5.54. The topological polar surface area (TPSA) is 64.8 Å². The van der Waals surface area contributed by atoms with Gasteiger partial charge in [-0.3, -0.25) is 4.79 Å². The smallest absolute Gasteiger partial charge is 0.292 e. The molecule has 1 aromatic heterocycles. The van der Waals surface area contributed by atoms with E-state index in [4.69, 9.17) is 14.0 Å². The summed E-state index contributed by atoms with van der Waals surface area (Å²) >= 11 is 0. The lowest BCUT2D eigenvalue weighted by atomic mass is 9.92. The molecule has 0 aromatic carbocycles. The molecule has 2 atom stereocenters. The van der Waals surface area contributed by atoms with Gasteiger partial charge in [0.05, 0.1) is 24.9 Å². The molecule has 2 aliphatic heterocycles. The Morgan fingerprint density at radius 2 is 2.55 bits per heavy atom. The third-order valence-corrected chi connectivity index (χ3v) is 4.27. The van der Waals surface area contributed by atoms with E-state index >= 15 is 0 Å². The second-order valence-corrected chi connectivity index (χ2v) is 5.70. The van der Waals surface area contributed by atoms with Crippen LogP contribution in [0.2, 0.25) is 0 Å². The zero-order valence-corrected chi connectivity index (χ0v) is 11.7. The lowest BCUT2D eigenvalue weighted by molar-refractivity contribution is 0.0109. The van der Waals surface area contributed by atoms with Gasteiger partial charge in [0.25, 0.3) is 5.91 Å². The van der Waals surface area contributed by atoms with E-state index in [0.717, 1.165) is 39.0 Å². The summed E-state index contributed by atoms with van der Waals surface area (Å²) in [6.07, 6.45) is 4.42. The van der Waals surface area contributed by atoms with Crippen LogP contribution in [-0.2, 0) is 9.47 Å². The van der Waals surface area contributed by atoms with E-state index in [0.29, 0.717) is 18.2 Å². The quantitative estimate of drug-likeness (QED) is 0.832. The van der Waals surface area contributed by atoms with E-state index < -0.39 is 0 Å². The molecule has 0 aliphatic carbocycles. The number of hydrogen-bond acceptors (Lipinski definition) is 5. The summed E-state index contributed by atoms with van der Waals surface area (Å²) in [5, 5.41) is 3.58. The molecule has 20 heavy (non-hydrogen) atoms. The van der Waals surface area contributed by atoms with Crippen LogP contribution >= 0.6 is 0 Å². The van der Waals surface area contributed by atoms with Crippen LogP contribution in [0.4, 0.5) is 0 Å². The van der Waals surface area contributed by atoms with Crippen LogP contribution < -0.4 is 0 Å². The molecular formula is C14H20N2O4. The molecule has 2 aliphatic rings. The van der Waals surface area contributed by atoms with Gasteiger partial charge in [-0.15, -0.1) is 0 Å². The van der Waals surface area contributed by atoms with Crippen molar-refractivity contribution in [3.8, 4) is 0 Å². The fourth-order valence-electron chi connectivity index (χ4n) is 3.19. The first kappa shape index (κ1) is 13.6. The number of nitrogens with zero attached hydrogens (tertiary/aromatic N) is 2. The molecule has 0 radical (unpaired) electrons. The maximum absolute atomic E-state index is 12.2. The Balaban J connectivity index is 1.58. The van der Waals surface area contributed by atoms with Gasteiger partial charge >= 0.3 is 0 Å². The van der Waals surface area contributed by atoms with Crippen LogP contribution in [0.15, 0.2) is 16.8 Å². The zero-order valence-electron chi connectivity index (χ0n) is 11.7. The summed E-state index contributed by atoms with van der Waals surface area (Å²) < 4.78 is 16.1. The van der Waals surface area contributed by atoms with E-state index in [1.54, 1.807) is 18.1 Å². The zero-order chi connectivity index (χ0) is 14.0. The summed E-state index contributed by atoms with van der Waals surface area (Å²) in [4.78, 5) is 14.0. The lowest BCUT2D eigenvalue weighted by Crippen LogP contribution is -2.35. The van der Waals surface area contributed by atoms with Gasteiger partial charge < -0.3 is 18.9 Å². The Kier molecular flexibility index (Phi) is 3.76. The van der Waals surface area contributed by atoms with Gasteiger partial charge in [0, 0.05) is 26.3 Å². The number of amides is 1. The molecule has 3 rings (SSSR count). The largest absolute Gasteiger partial charge is 0.385 e. The van der Waals surface area contributed by atoms with Gasteiger partial charge in [-0.2, -0.15) is 0 Å². The average Bonchev–Trinajstić information content (AvgIpc) is 3.18. The first-order valence-corrected chi connectivity index (χ1v) is 7.05. The summed E-state index contributed by atoms with van der Waals surface area (Å²) in [7, 11) is 1.72. The Bertz CT molecular complexity index is 462. The van der Waals surface area contributed by atoms with Gasteiger partial charge in [0.15, 0.2) is 0 Å². The molecule has 0 bridgehead atoms. The number of likely N-dealkylation sites (tertiary alicyclic amines) is 1. The maximum Gasteiger partial charge on any atom is 0.292 e. The Morgan fingerprint density at radius 3 is 3.30 bits per heavy atom. The van der Waals surface area contributed by atoms with Gasteiger partial charge in [0.1, 0.15) is 0 Å². The van der Waals surface area contributed by atoms with Crippen LogP contribution in [0, 0.1) is 5.92 Å². The fraction of sp³-hybridized carbons (Fsp3) is 0.714. The first-order chi connectivity index (χ1) is 9.72. The van der Waals surface area contributed by atoms with E-state index in [-0.39, 0.29) is 11.5 Å². The minimum absolute atomic E-state index is 0.0942. The predicted molar refractivity (Wildman–Crippen MR) is 70.3 cm³/mol. The predicted octanol–water partition coefficient (Wildman–Crippen LogP) is 1.33. The van der Waals surface area contributed by atoms with E-state index in [9.17, 15) is 4.79 Å². The van der Waals surface area contributed by atoms with E-state index in [2.05, 4.69) is 5.16 Å². The van der Waals surface area contributed by atoms with Crippen molar-refractivity contribution in [3.63, 3.8) is 0 Å². The molecule has 1 amide bonds. The minimum Gasteiger partial charge on any atom is -0.385 e. The number of carbonyl (C=O) groups is 1. The number of carbonyl (C=O) groups excluding carboxylic acids is 1. The number of rotatable bonds is 4. The summed E-state index contributed by atoms with van der Waals surface area (Å²) in [6, 6.07) is 1.60. The molecule has 6 nitrogen and oxygen atoms in total. The van der Waals surface area contributed by atoms with Crippen molar-refractivity contribution in [3.05, 3.63) is 18.0 Å². The molecule has 6 heteroatoms. The normalized spacial score (nSPS) is 29.4. The molecule has 2 unspecified atom stereocenters. The molecule has 0 N–H and O–H groups in total. The fourth-order valence-corrected chi connectivity index (χ4v) is 3.19. The molecule has 1 spiro atoms. The Morgan fingerprint density at radius 1 is 1.65 bits per heavy atom. The van der Waals surface area contributed by atoms with Crippen LogP contribution in [-0.4, -0.2) is 55.0 Å². The van der Waals surface area contributed by atoms with Gasteiger partial charge in [-0.05, 0) is 25.2 Å². The molecule has 1 aromatic rings. The van der Waals surface area contributed by atoms with Crippen molar-refractivity contribution in [2.45, 2.75) is 24.9 Å². The third kappa shape index (κ3) is 2.58. The van der Waals surface area contributed by atoms with Crippen LogP contribution in [0.3, 0.4) is 0 Å². The number of methoxy groups -OCH3 is 1. The highest BCUT2D eigenvalue weighted by atomic mass is 16.5. The van der Waals surface area contributed by atoms with Crippen molar-refractivity contribution in [2.24, 2.45) is 5.92 Å². The lowest BCUT2D eigenvalue weighted by Gasteiger charge is -2.23. The molecule has 110 valence electrons. The van der Waals surface area contributed by atoms with Gasteiger partial charge in [-0.25, -0.2) is 0 Å². The van der Waals surface area contributed by atoms with E-state index in [1.165, 1.54) is 6.20 Å². The van der Waals surface area contributed by atoms with Gasteiger partial charge in [0.2, 0.25) is 5.76 Å². The van der Waals surface area contributed by atoms with Crippen molar-refractivity contribution in [1.29, 1.82) is 0 Å².